The Hall–Kier alpha value is -5.83. The second-order valence-electron chi connectivity index (χ2n) is 12.4. The number of benzene rings is 8. The molecule has 0 saturated carbocycles. The fourth-order valence-electron chi connectivity index (χ4n) is 7.12. The summed E-state index contributed by atoms with van der Waals surface area (Å²) in [4.78, 5) is 4.71. The van der Waals surface area contributed by atoms with Crippen LogP contribution in [0.2, 0.25) is 0 Å². The van der Waals surface area contributed by atoms with Crippen molar-refractivity contribution in [3.63, 3.8) is 0 Å². The van der Waals surface area contributed by atoms with Crippen molar-refractivity contribution < 1.29 is 0 Å². The lowest BCUT2D eigenvalue weighted by Gasteiger charge is -2.19. The molecule has 0 aliphatic carbocycles. The van der Waals surface area contributed by atoms with Crippen LogP contribution >= 0.6 is 11.3 Å². The Morgan fingerprint density at radius 2 is 0.771 bits per heavy atom. The highest BCUT2D eigenvalue weighted by atomic mass is 32.1. The van der Waals surface area contributed by atoms with Crippen LogP contribution in [0, 0.1) is 6.92 Å². The van der Waals surface area contributed by atoms with Gasteiger partial charge in [-0.2, -0.15) is 0 Å². The van der Waals surface area contributed by atoms with Crippen LogP contribution in [-0.4, -0.2) is 4.98 Å². The topological polar surface area (TPSA) is 12.9 Å². The summed E-state index contributed by atoms with van der Waals surface area (Å²) in [5, 5.41) is 6.14. The molecule has 0 amide bonds. The molecule has 0 radical (unpaired) electrons. The zero-order valence-electron chi connectivity index (χ0n) is 26.5. The number of rotatable bonds is 5. The Morgan fingerprint density at radius 3 is 1.42 bits per heavy atom. The first-order chi connectivity index (χ1) is 23.7. The largest absolute Gasteiger partial charge is 0.241 e. The van der Waals surface area contributed by atoms with Gasteiger partial charge in [0.25, 0.3) is 0 Å². The Labute approximate surface area is 284 Å². The molecule has 0 bridgehead atoms. The smallest absolute Gasteiger partial charge is 0.0907 e. The van der Waals surface area contributed by atoms with E-state index < -0.39 is 0 Å². The van der Waals surface area contributed by atoms with Crippen molar-refractivity contribution in [1.82, 2.24) is 4.98 Å². The van der Waals surface area contributed by atoms with Crippen LogP contribution in [0.4, 0.5) is 0 Å². The molecule has 1 aromatic heterocycles. The van der Waals surface area contributed by atoms with Crippen LogP contribution < -0.4 is 0 Å². The summed E-state index contributed by atoms with van der Waals surface area (Å²) >= 11 is 1.74. The molecule has 0 spiro atoms. The van der Waals surface area contributed by atoms with Crippen LogP contribution in [0.1, 0.15) is 5.01 Å². The van der Waals surface area contributed by atoms with Crippen molar-refractivity contribution in [3.05, 3.63) is 175 Å². The van der Waals surface area contributed by atoms with Gasteiger partial charge in [0.05, 0.1) is 15.2 Å². The van der Waals surface area contributed by atoms with E-state index >= 15 is 0 Å². The normalized spacial score (nSPS) is 11.4. The summed E-state index contributed by atoms with van der Waals surface area (Å²) in [6.45, 7) is 2.07. The molecular weight excluding hydrogens is 599 g/mol. The number of hydrogen-bond acceptors (Lipinski definition) is 2. The van der Waals surface area contributed by atoms with Gasteiger partial charge >= 0.3 is 0 Å². The number of hydrogen-bond donors (Lipinski definition) is 0. The SMILES string of the molecule is Cc1nc2cc(-c3ccc(-c4ccc5c(-c6ccc(-c7ccccc7)cc6)c6ccccc6c(-c6ccccc6)c5c4)cc3)ccc2s1. The van der Waals surface area contributed by atoms with Gasteiger partial charge in [-0.25, -0.2) is 4.98 Å². The lowest BCUT2D eigenvalue weighted by Crippen LogP contribution is -1.92. The van der Waals surface area contributed by atoms with E-state index in [2.05, 4.69) is 177 Å². The van der Waals surface area contributed by atoms with Crippen LogP contribution in [0.25, 0.3) is 87.4 Å². The summed E-state index contributed by atoms with van der Waals surface area (Å²) in [6, 6.07) is 61.9. The van der Waals surface area contributed by atoms with E-state index in [1.165, 1.54) is 81.9 Å². The van der Waals surface area contributed by atoms with E-state index in [9.17, 15) is 0 Å². The summed E-state index contributed by atoms with van der Waals surface area (Å²) in [7, 11) is 0. The van der Waals surface area contributed by atoms with Gasteiger partial charge in [0, 0.05) is 0 Å². The van der Waals surface area contributed by atoms with Gasteiger partial charge < -0.3 is 0 Å². The minimum atomic E-state index is 1.07. The minimum Gasteiger partial charge on any atom is -0.241 e. The van der Waals surface area contributed by atoms with Gasteiger partial charge in [-0.15, -0.1) is 11.3 Å². The van der Waals surface area contributed by atoms with Crippen LogP contribution in [0.15, 0.2) is 170 Å². The molecule has 0 saturated heterocycles. The maximum atomic E-state index is 4.71. The van der Waals surface area contributed by atoms with Gasteiger partial charge in [0.15, 0.2) is 0 Å². The molecule has 0 fully saturated rings. The molecule has 48 heavy (non-hydrogen) atoms. The number of nitrogens with zero attached hydrogens (tertiary/aromatic N) is 1. The molecule has 0 atom stereocenters. The highest BCUT2D eigenvalue weighted by Crippen LogP contribution is 2.45. The van der Waals surface area contributed by atoms with E-state index in [1.54, 1.807) is 11.3 Å². The number of fused-ring (bicyclic) bond motifs is 3. The van der Waals surface area contributed by atoms with E-state index in [4.69, 9.17) is 4.98 Å². The molecular formula is C46H31NS. The zero-order chi connectivity index (χ0) is 32.0. The molecule has 1 nitrogen and oxygen atoms in total. The molecule has 226 valence electrons. The first-order valence-electron chi connectivity index (χ1n) is 16.4. The number of aryl methyl sites for hydroxylation is 1. The van der Waals surface area contributed by atoms with Crippen LogP contribution in [0.3, 0.4) is 0 Å². The standard InChI is InChI=1S/C46H31NS/c1-30-47-43-29-38(25-27-44(43)48-30)34-18-16-33(17-19-34)37-24-26-41-42(28-37)46(35-12-6-3-7-13-35)40-15-9-8-14-39(40)45(41)36-22-20-32(21-23-36)31-10-4-2-5-11-31/h2-29H,1H3. The van der Waals surface area contributed by atoms with Gasteiger partial charge in [-0.1, -0.05) is 152 Å². The molecule has 0 aliphatic rings. The molecule has 0 N–H and O–H groups in total. The van der Waals surface area contributed by atoms with Gasteiger partial charge in [-0.3, -0.25) is 0 Å². The predicted octanol–water partition coefficient (Wildman–Crippen LogP) is 13.2. The highest BCUT2D eigenvalue weighted by Gasteiger charge is 2.17. The third-order valence-electron chi connectivity index (χ3n) is 9.41. The Kier molecular flexibility index (Phi) is 6.96. The van der Waals surface area contributed by atoms with E-state index in [1.807, 2.05) is 0 Å². The summed E-state index contributed by atoms with van der Waals surface area (Å²) in [6.07, 6.45) is 0. The van der Waals surface area contributed by atoms with Crippen molar-refractivity contribution in [3.8, 4) is 55.6 Å². The molecule has 8 aromatic carbocycles. The summed E-state index contributed by atoms with van der Waals surface area (Å²) in [5.41, 5.74) is 13.3. The average Bonchev–Trinajstić information content (AvgIpc) is 3.54. The van der Waals surface area contributed by atoms with Gasteiger partial charge in [-0.05, 0) is 102 Å². The second-order valence-corrected chi connectivity index (χ2v) is 13.6. The lowest BCUT2D eigenvalue weighted by molar-refractivity contribution is 1.35. The first kappa shape index (κ1) is 28.4. The Bertz CT molecular complexity index is 2580. The van der Waals surface area contributed by atoms with E-state index in [-0.39, 0.29) is 0 Å². The quantitative estimate of drug-likeness (QED) is 0.173. The maximum Gasteiger partial charge on any atom is 0.0907 e. The summed E-state index contributed by atoms with van der Waals surface area (Å²) in [5.74, 6) is 0. The van der Waals surface area contributed by atoms with Crippen molar-refractivity contribution in [2.24, 2.45) is 0 Å². The molecule has 2 heteroatoms. The third-order valence-corrected chi connectivity index (χ3v) is 10.4. The van der Waals surface area contributed by atoms with Crippen LogP contribution in [-0.2, 0) is 0 Å². The maximum absolute atomic E-state index is 4.71. The van der Waals surface area contributed by atoms with Gasteiger partial charge in [0.1, 0.15) is 0 Å². The van der Waals surface area contributed by atoms with E-state index in [0.717, 1.165) is 10.5 Å². The Balaban J connectivity index is 1.21. The average molecular weight is 630 g/mol. The van der Waals surface area contributed by atoms with Crippen molar-refractivity contribution in [2.75, 3.05) is 0 Å². The van der Waals surface area contributed by atoms with Crippen molar-refractivity contribution in [1.29, 1.82) is 0 Å². The first-order valence-corrected chi connectivity index (χ1v) is 17.2. The molecule has 1 heterocycles. The van der Waals surface area contributed by atoms with E-state index in [0.29, 0.717) is 0 Å². The highest BCUT2D eigenvalue weighted by molar-refractivity contribution is 7.18. The predicted molar refractivity (Wildman–Crippen MR) is 207 cm³/mol. The van der Waals surface area contributed by atoms with Crippen molar-refractivity contribution >= 4 is 43.1 Å². The molecule has 9 rings (SSSR count). The lowest BCUT2D eigenvalue weighted by atomic mass is 9.84. The second kappa shape index (κ2) is 11.8. The van der Waals surface area contributed by atoms with Gasteiger partial charge in [0.2, 0.25) is 0 Å². The molecule has 0 unspecified atom stereocenters. The zero-order valence-corrected chi connectivity index (χ0v) is 27.3. The fourth-order valence-corrected chi connectivity index (χ4v) is 7.93. The molecule has 0 aliphatic heterocycles. The number of thiazole rings is 1. The monoisotopic (exact) mass is 629 g/mol. The fraction of sp³-hybridized carbons (Fsp3) is 0.0217. The summed E-state index contributed by atoms with van der Waals surface area (Å²) < 4.78 is 1.23. The number of aromatic nitrogens is 1. The third kappa shape index (κ3) is 4.99. The van der Waals surface area contributed by atoms with Crippen LogP contribution in [0.5, 0.6) is 0 Å². The minimum absolute atomic E-state index is 1.07. The van der Waals surface area contributed by atoms with Crippen molar-refractivity contribution in [2.45, 2.75) is 6.92 Å². The Morgan fingerprint density at radius 1 is 0.354 bits per heavy atom. The molecule has 9 aromatic rings.